The second-order valence-corrected chi connectivity index (χ2v) is 8.40. The Hall–Kier alpha value is -1.89. The molecule has 0 atom stereocenters. The summed E-state index contributed by atoms with van der Waals surface area (Å²) >= 11 is 1.38. The SMILES string of the molecule is CCCCc1ccc(-n2nnnc2SCC(=O)NC2CCC(C)CC2)cc1. The van der Waals surface area contributed by atoms with Gasteiger partial charge in [-0.25, -0.2) is 0 Å². The van der Waals surface area contributed by atoms with E-state index in [1.165, 1.54) is 43.0 Å². The number of hydrogen-bond acceptors (Lipinski definition) is 5. The first-order chi connectivity index (χ1) is 13.2. The van der Waals surface area contributed by atoms with Crippen LogP contribution in [0.3, 0.4) is 0 Å². The van der Waals surface area contributed by atoms with Gasteiger partial charge in [0.2, 0.25) is 11.1 Å². The topological polar surface area (TPSA) is 72.7 Å². The fraction of sp³-hybridized carbons (Fsp3) is 0.600. The summed E-state index contributed by atoms with van der Waals surface area (Å²) in [7, 11) is 0. The van der Waals surface area contributed by atoms with Gasteiger partial charge in [0.15, 0.2) is 0 Å². The van der Waals surface area contributed by atoms with Gasteiger partial charge in [0, 0.05) is 6.04 Å². The summed E-state index contributed by atoms with van der Waals surface area (Å²) < 4.78 is 1.70. The zero-order valence-electron chi connectivity index (χ0n) is 16.2. The Morgan fingerprint density at radius 2 is 1.96 bits per heavy atom. The molecule has 1 heterocycles. The van der Waals surface area contributed by atoms with E-state index in [1.54, 1.807) is 4.68 Å². The Labute approximate surface area is 165 Å². The molecule has 27 heavy (non-hydrogen) atoms. The molecule has 0 saturated heterocycles. The molecular formula is C20H29N5OS. The van der Waals surface area contributed by atoms with Crippen LogP contribution in [-0.4, -0.2) is 37.9 Å². The molecule has 1 amide bonds. The van der Waals surface area contributed by atoms with Crippen LogP contribution in [0.1, 0.15) is 57.9 Å². The Bertz CT molecular complexity index is 722. The molecule has 3 rings (SSSR count). The minimum Gasteiger partial charge on any atom is -0.353 e. The van der Waals surface area contributed by atoms with Gasteiger partial charge in [0.25, 0.3) is 0 Å². The lowest BCUT2D eigenvalue weighted by molar-refractivity contribution is -0.119. The third kappa shape index (κ3) is 5.79. The van der Waals surface area contributed by atoms with Gasteiger partial charge in [-0.1, -0.05) is 44.2 Å². The maximum Gasteiger partial charge on any atom is 0.230 e. The molecule has 1 saturated carbocycles. The van der Waals surface area contributed by atoms with Crippen molar-refractivity contribution >= 4 is 17.7 Å². The summed E-state index contributed by atoms with van der Waals surface area (Å²) in [6.45, 7) is 4.48. The standard InChI is InChI=1S/C20H29N5OS/c1-3-4-5-16-8-12-18(13-9-16)25-20(22-23-24-25)27-14-19(26)21-17-10-6-15(2)7-11-17/h8-9,12-13,15,17H,3-7,10-11,14H2,1-2H3,(H,21,26). The molecule has 2 aromatic rings. The second-order valence-electron chi connectivity index (χ2n) is 7.46. The van der Waals surface area contributed by atoms with E-state index in [0.29, 0.717) is 17.0 Å². The van der Waals surface area contributed by atoms with Crippen LogP contribution in [0.2, 0.25) is 0 Å². The lowest BCUT2D eigenvalue weighted by Gasteiger charge is -2.26. The summed E-state index contributed by atoms with van der Waals surface area (Å²) in [6, 6.07) is 8.64. The molecule has 146 valence electrons. The number of carbonyl (C=O) groups is 1. The van der Waals surface area contributed by atoms with E-state index in [4.69, 9.17) is 0 Å². The maximum atomic E-state index is 12.3. The van der Waals surface area contributed by atoms with E-state index in [2.05, 4.69) is 46.8 Å². The zero-order chi connectivity index (χ0) is 19.1. The molecule has 1 aromatic heterocycles. The Morgan fingerprint density at radius 1 is 1.22 bits per heavy atom. The van der Waals surface area contributed by atoms with Gasteiger partial charge in [-0.3, -0.25) is 4.79 Å². The van der Waals surface area contributed by atoms with Gasteiger partial charge in [-0.05, 0) is 72.6 Å². The highest BCUT2D eigenvalue weighted by atomic mass is 32.2. The number of nitrogens with zero attached hydrogens (tertiary/aromatic N) is 4. The number of aromatic nitrogens is 4. The van der Waals surface area contributed by atoms with Gasteiger partial charge < -0.3 is 5.32 Å². The number of amides is 1. The first-order valence-electron chi connectivity index (χ1n) is 9.95. The van der Waals surface area contributed by atoms with E-state index in [-0.39, 0.29) is 5.91 Å². The number of unbranched alkanes of at least 4 members (excludes halogenated alkanes) is 1. The highest BCUT2D eigenvalue weighted by molar-refractivity contribution is 7.99. The number of benzene rings is 1. The number of nitrogens with one attached hydrogen (secondary N) is 1. The van der Waals surface area contributed by atoms with E-state index in [9.17, 15) is 4.79 Å². The fourth-order valence-corrected chi connectivity index (χ4v) is 4.12. The van der Waals surface area contributed by atoms with Crippen LogP contribution in [0.15, 0.2) is 29.4 Å². The minimum absolute atomic E-state index is 0.0593. The van der Waals surface area contributed by atoms with Crippen LogP contribution in [0.25, 0.3) is 5.69 Å². The van der Waals surface area contributed by atoms with Gasteiger partial charge in [-0.2, -0.15) is 4.68 Å². The molecule has 1 fully saturated rings. The second kappa shape index (κ2) is 9.88. The van der Waals surface area contributed by atoms with E-state index in [1.807, 2.05) is 12.1 Å². The van der Waals surface area contributed by atoms with Crippen molar-refractivity contribution in [1.29, 1.82) is 0 Å². The third-order valence-electron chi connectivity index (χ3n) is 5.15. The van der Waals surface area contributed by atoms with E-state index in [0.717, 1.165) is 30.9 Å². The molecule has 0 radical (unpaired) electrons. The Morgan fingerprint density at radius 3 is 2.67 bits per heavy atom. The number of rotatable bonds is 8. The Balaban J connectivity index is 1.53. The molecule has 0 aliphatic heterocycles. The number of hydrogen-bond donors (Lipinski definition) is 1. The van der Waals surface area contributed by atoms with Crippen LogP contribution in [0.5, 0.6) is 0 Å². The van der Waals surface area contributed by atoms with Gasteiger partial charge in [0.05, 0.1) is 11.4 Å². The minimum atomic E-state index is 0.0593. The van der Waals surface area contributed by atoms with Crippen LogP contribution in [0, 0.1) is 5.92 Å². The van der Waals surface area contributed by atoms with E-state index >= 15 is 0 Å². The smallest absolute Gasteiger partial charge is 0.230 e. The van der Waals surface area contributed by atoms with Crippen molar-refractivity contribution in [3.63, 3.8) is 0 Å². The number of thioether (sulfide) groups is 1. The van der Waals surface area contributed by atoms with Crippen molar-refractivity contribution in [3.8, 4) is 5.69 Å². The predicted octanol–water partition coefficient (Wildman–Crippen LogP) is 3.79. The quantitative estimate of drug-likeness (QED) is 0.698. The highest BCUT2D eigenvalue weighted by Crippen LogP contribution is 2.24. The monoisotopic (exact) mass is 387 g/mol. The van der Waals surface area contributed by atoms with Crippen molar-refractivity contribution in [2.75, 3.05) is 5.75 Å². The summed E-state index contributed by atoms with van der Waals surface area (Å²) in [5, 5.41) is 15.7. The average Bonchev–Trinajstić information content (AvgIpc) is 3.15. The van der Waals surface area contributed by atoms with Crippen molar-refractivity contribution in [3.05, 3.63) is 29.8 Å². The molecular weight excluding hydrogens is 358 g/mol. The zero-order valence-corrected chi connectivity index (χ0v) is 17.0. The first kappa shape index (κ1) is 19.9. The molecule has 0 spiro atoms. The largest absolute Gasteiger partial charge is 0.353 e. The van der Waals surface area contributed by atoms with Crippen LogP contribution >= 0.6 is 11.8 Å². The van der Waals surface area contributed by atoms with Crippen molar-refractivity contribution in [2.45, 2.75) is 70.0 Å². The molecule has 1 aliphatic rings. The third-order valence-corrected chi connectivity index (χ3v) is 6.07. The van der Waals surface area contributed by atoms with Crippen LogP contribution in [0.4, 0.5) is 0 Å². The van der Waals surface area contributed by atoms with Gasteiger partial charge in [-0.15, -0.1) is 5.10 Å². The fourth-order valence-electron chi connectivity index (χ4n) is 3.42. The predicted molar refractivity (Wildman–Crippen MR) is 108 cm³/mol. The molecule has 1 N–H and O–H groups in total. The summed E-state index contributed by atoms with van der Waals surface area (Å²) in [5.41, 5.74) is 2.24. The number of carbonyl (C=O) groups excluding carboxylic acids is 1. The first-order valence-corrected chi connectivity index (χ1v) is 10.9. The average molecular weight is 388 g/mol. The number of aryl methyl sites for hydroxylation is 1. The van der Waals surface area contributed by atoms with Gasteiger partial charge >= 0.3 is 0 Å². The van der Waals surface area contributed by atoms with Crippen LogP contribution in [-0.2, 0) is 11.2 Å². The summed E-state index contributed by atoms with van der Waals surface area (Å²) in [6.07, 6.45) is 8.04. The molecule has 6 nitrogen and oxygen atoms in total. The van der Waals surface area contributed by atoms with Gasteiger partial charge in [0.1, 0.15) is 0 Å². The van der Waals surface area contributed by atoms with Crippen molar-refractivity contribution < 1.29 is 4.79 Å². The molecule has 0 unspecified atom stereocenters. The maximum absolute atomic E-state index is 12.3. The van der Waals surface area contributed by atoms with Crippen LogP contribution < -0.4 is 5.32 Å². The summed E-state index contributed by atoms with van der Waals surface area (Å²) in [4.78, 5) is 12.3. The van der Waals surface area contributed by atoms with Crippen molar-refractivity contribution in [1.82, 2.24) is 25.5 Å². The lowest BCUT2D eigenvalue weighted by atomic mass is 9.87. The molecule has 1 aromatic carbocycles. The molecule has 1 aliphatic carbocycles. The lowest BCUT2D eigenvalue weighted by Crippen LogP contribution is -2.38. The number of tetrazole rings is 1. The molecule has 0 bridgehead atoms. The highest BCUT2D eigenvalue weighted by Gasteiger charge is 2.20. The summed E-state index contributed by atoms with van der Waals surface area (Å²) in [5.74, 6) is 1.18. The molecule has 7 heteroatoms. The normalized spacial score (nSPS) is 19.8. The van der Waals surface area contributed by atoms with E-state index < -0.39 is 0 Å². The van der Waals surface area contributed by atoms with Crippen molar-refractivity contribution in [2.24, 2.45) is 5.92 Å². The Kier molecular flexibility index (Phi) is 7.26.